The van der Waals surface area contributed by atoms with Gasteiger partial charge in [0.25, 0.3) is 5.56 Å². The van der Waals surface area contributed by atoms with Crippen molar-refractivity contribution in [3.63, 3.8) is 0 Å². The third-order valence-corrected chi connectivity index (χ3v) is 4.35. The molecule has 2 aromatic carbocycles. The number of aryl methyl sites for hydroxylation is 1. The number of nitrogens with zero attached hydrogens (tertiary/aromatic N) is 1. The summed E-state index contributed by atoms with van der Waals surface area (Å²) < 4.78 is 1.69. The van der Waals surface area contributed by atoms with Gasteiger partial charge in [-0.05, 0) is 31.0 Å². The Morgan fingerprint density at radius 1 is 1.12 bits per heavy atom. The summed E-state index contributed by atoms with van der Waals surface area (Å²) in [4.78, 5) is 24.0. The maximum atomic E-state index is 12.6. The van der Waals surface area contributed by atoms with Crippen molar-refractivity contribution in [2.75, 3.05) is 0 Å². The smallest absolute Gasteiger partial charge is 0.310 e. The fraction of sp³-hybridized carbons (Fsp3) is 0.200. The Kier molecular flexibility index (Phi) is 4.21. The van der Waals surface area contributed by atoms with Gasteiger partial charge in [0.2, 0.25) is 0 Å². The van der Waals surface area contributed by atoms with Crippen LogP contribution in [0, 0.1) is 6.92 Å². The molecule has 0 spiro atoms. The standard InChI is InChI=1S/C20H19NO3/c1-13-7-9-15(10-8-13)12-21-18-6-4-3-5-16(18)17(11-19(21)22)14(2)20(23)24/h3-11,14H,12H2,1-2H3,(H,23,24). The molecule has 1 unspecified atom stereocenters. The second kappa shape index (κ2) is 6.32. The molecule has 4 heteroatoms. The number of fused-ring (bicyclic) bond motifs is 1. The summed E-state index contributed by atoms with van der Waals surface area (Å²) in [5.74, 6) is -1.66. The van der Waals surface area contributed by atoms with E-state index in [0.29, 0.717) is 12.1 Å². The molecule has 4 nitrogen and oxygen atoms in total. The average molecular weight is 321 g/mol. The lowest BCUT2D eigenvalue weighted by molar-refractivity contribution is -0.138. The highest BCUT2D eigenvalue weighted by atomic mass is 16.4. The largest absolute Gasteiger partial charge is 0.481 e. The van der Waals surface area contributed by atoms with E-state index in [9.17, 15) is 14.7 Å². The molecule has 3 rings (SSSR count). The van der Waals surface area contributed by atoms with E-state index in [4.69, 9.17) is 0 Å². The molecule has 0 aliphatic rings. The fourth-order valence-corrected chi connectivity index (χ4v) is 2.89. The number of aliphatic carboxylic acids is 1. The highest BCUT2D eigenvalue weighted by Crippen LogP contribution is 2.24. The van der Waals surface area contributed by atoms with Gasteiger partial charge >= 0.3 is 5.97 Å². The van der Waals surface area contributed by atoms with Crippen LogP contribution in [0.15, 0.2) is 59.4 Å². The summed E-state index contributed by atoms with van der Waals surface area (Å²) in [5.41, 5.74) is 3.34. The molecule has 3 aromatic rings. The van der Waals surface area contributed by atoms with Gasteiger partial charge in [0.1, 0.15) is 0 Å². The second-order valence-corrected chi connectivity index (χ2v) is 6.09. The van der Waals surface area contributed by atoms with Gasteiger partial charge in [0.05, 0.1) is 18.0 Å². The Morgan fingerprint density at radius 2 is 1.79 bits per heavy atom. The van der Waals surface area contributed by atoms with Crippen LogP contribution >= 0.6 is 0 Å². The molecule has 1 atom stereocenters. The molecular weight excluding hydrogens is 302 g/mol. The van der Waals surface area contributed by atoms with Gasteiger partial charge in [-0.25, -0.2) is 0 Å². The number of carboxylic acid groups (broad SMARTS) is 1. The average Bonchev–Trinajstić information content (AvgIpc) is 2.58. The van der Waals surface area contributed by atoms with Crippen LogP contribution in [-0.2, 0) is 11.3 Å². The van der Waals surface area contributed by atoms with Gasteiger partial charge in [-0.1, -0.05) is 48.0 Å². The summed E-state index contributed by atoms with van der Waals surface area (Å²) in [6.07, 6.45) is 0. The topological polar surface area (TPSA) is 59.3 Å². The predicted molar refractivity (Wildman–Crippen MR) is 94.5 cm³/mol. The van der Waals surface area contributed by atoms with E-state index in [1.165, 1.54) is 11.6 Å². The molecule has 0 radical (unpaired) electrons. The van der Waals surface area contributed by atoms with E-state index in [2.05, 4.69) is 0 Å². The van der Waals surface area contributed by atoms with Gasteiger partial charge in [-0.2, -0.15) is 0 Å². The quantitative estimate of drug-likeness (QED) is 0.799. The molecule has 0 fully saturated rings. The highest BCUT2D eigenvalue weighted by Gasteiger charge is 2.19. The summed E-state index contributed by atoms with van der Waals surface area (Å²) in [6, 6.07) is 17.0. The number of rotatable bonds is 4. The normalized spacial score (nSPS) is 12.2. The summed E-state index contributed by atoms with van der Waals surface area (Å²) in [7, 11) is 0. The number of hydrogen-bond acceptors (Lipinski definition) is 2. The Labute approximate surface area is 140 Å². The van der Waals surface area contributed by atoms with Crippen LogP contribution in [0.3, 0.4) is 0 Å². The minimum Gasteiger partial charge on any atom is -0.481 e. The zero-order chi connectivity index (χ0) is 17.3. The van der Waals surface area contributed by atoms with E-state index in [1.807, 2.05) is 55.5 Å². The molecule has 0 aliphatic heterocycles. The lowest BCUT2D eigenvalue weighted by Crippen LogP contribution is -2.23. The molecule has 1 aromatic heterocycles. The number of para-hydroxylation sites is 1. The summed E-state index contributed by atoms with van der Waals surface area (Å²) in [6.45, 7) is 4.09. The zero-order valence-corrected chi connectivity index (χ0v) is 13.7. The molecular formula is C20H19NO3. The Balaban J connectivity index is 2.17. The number of aromatic nitrogens is 1. The van der Waals surface area contributed by atoms with Crippen molar-refractivity contribution in [2.45, 2.75) is 26.3 Å². The number of carboxylic acids is 1. The first-order valence-corrected chi connectivity index (χ1v) is 7.88. The van der Waals surface area contributed by atoms with E-state index in [1.54, 1.807) is 11.5 Å². The van der Waals surface area contributed by atoms with Crippen LogP contribution in [0.2, 0.25) is 0 Å². The molecule has 0 aliphatic carbocycles. The number of benzene rings is 2. The SMILES string of the molecule is Cc1ccc(Cn2c(=O)cc(C(C)C(=O)O)c3ccccc32)cc1. The number of pyridine rings is 1. The molecule has 0 saturated carbocycles. The molecule has 1 N–H and O–H groups in total. The fourth-order valence-electron chi connectivity index (χ4n) is 2.89. The lowest BCUT2D eigenvalue weighted by Gasteiger charge is -2.15. The Hall–Kier alpha value is -2.88. The van der Waals surface area contributed by atoms with Crippen LogP contribution < -0.4 is 5.56 Å². The second-order valence-electron chi connectivity index (χ2n) is 6.09. The summed E-state index contributed by atoms with van der Waals surface area (Å²) >= 11 is 0. The predicted octanol–water partition coefficient (Wildman–Crippen LogP) is 3.55. The molecule has 0 saturated heterocycles. The third-order valence-electron chi connectivity index (χ3n) is 4.35. The third kappa shape index (κ3) is 2.95. The van der Waals surface area contributed by atoms with E-state index in [0.717, 1.165) is 16.5 Å². The van der Waals surface area contributed by atoms with Crippen molar-refractivity contribution in [3.05, 3.63) is 81.6 Å². The minimum absolute atomic E-state index is 0.183. The first-order valence-electron chi connectivity index (χ1n) is 7.88. The van der Waals surface area contributed by atoms with Crippen molar-refractivity contribution in [2.24, 2.45) is 0 Å². The first kappa shape index (κ1) is 16.0. The van der Waals surface area contributed by atoms with Crippen molar-refractivity contribution in [1.82, 2.24) is 4.57 Å². The van der Waals surface area contributed by atoms with Gasteiger partial charge < -0.3 is 9.67 Å². The molecule has 1 heterocycles. The monoisotopic (exact) mass is 321 g/mol. The van der Waals surface area contributed by atoms with Crippen molar-refractivity contribution in [1.29, 1.82) is 0 Å². The van der Waals surface area contributed by atoms with Gasteiger partial charge in [-0.3, -0.25) is 9.59 Å². The van der Waals surface area contributed by atoms with E-state index in [-0.39, 0.29) is 5.56 Å². The van der Waals surface area contributed by atoms with Gasteiger partial charge in [-0.15, -0.1) is 0 Å². The Morgan fingerprint density at radius 3 is 2.46 bits per heavy atom. The van der Waals surface area contributed by atoms with Crippen LogP contribution in [0.4, 0.5) is 0 Å². The first-order chi connectivity index (χ1) is 11.5. The molecule has 0 bridgehead atoms. The minimum atomic E-state index is -0.934. The van der Waals surface area contributed by atoms with Crippen LogP contribution in [0.1, 0.15) is 29.5 Å². The van der Waals surface area contributed by atoms with Crippen LogP contribution in [0.25, 0.3) is 10.9 Å². The Bertz CT molecular complexity index is 955. The van der Waals surface area contributed by atoms with Crippen molar-refractivity contribution in [3.8, 4) is 0 Å². The maximum Gasteiger partial charge on any atom is 0.310 e. The van der Waals surface area contributed by atoms with E-state index < -0.39 is 11.9 Å². The highest BCUT2D eigenvalue weighted by molar-refractivity contribution is 5.88. The molecule has 24 heavy (non-hydrogen) atoms. The van der Waals surface area contributed by atoms with Crippen molar-refractivity contribution >= 4 is 16.9 Å². The van der Waals surface area contributed by atoms with Crippen LogP contribution in [0.5, 0.6) is 0 Å². The van der Waals surface area contributed by atoms with Crippen LogP contribution in [-0.4, -0.2) is 15.6 Å². The maximum absolute atomic E-state index is 12.6. The number of hydrogen-bond donors (Lipinski definition) is 1. The molecule has 122 valence electrons. The zero-order valence-electron chi connectivity index (χ0n) is 13.7. The van der Waals surface area contributed by atoms with Gasteiger partial charge in [0, 0.05) is 11.5 Å². The van der Waals surface area contributed by atoms with Gasteiger partial charge in [0.15, 0.2) is 0 Å². The lowest BCUT2D eigenvalue weighted by atomic mass is 9.97. The van der Waals surface area contributed by atoms with Crippen molar-refractivity contribution < 1.29 is 9.90 Å². The number of carbonyl (C=O) groups is 1. The summed E-state index contributed by atoms with van der Waals surface area (Å²) in [5, 5.41) is 10.1. The molecule has 0 amide bonds. The van der Waals surface area contributed by atoms with E-state index >= 15 is 0 Å².